The van der Waals surface area contributed by atoms with Gasteiger partial charge in [0.2, 0.25) is 0 Å². The summed E-state index contributed by atoms with van der Waals surface area (Å²) in [5, 5.41) is 2.89. The molecule has 1 amide bonds. The van der Waals surface area contributed by atoms with Gasteiger partial charge in [0.15, 0.2) is 0 Å². The number of alkyl carbamates (subject to hydrolysis) is 1. The average molecular weight is 301 g/mol. The molecule has 2 rings (SSSR count). The van der Waals surface area contributed by atoms with Crippen LogP contribution in [0.25, 0.3) is 0 Å². The minimum absolute atomic E-state index is 0.254. The molecule has 0 saturated carbocycles. The zero-order valence-corrected chi connectivity index (χ0v) is 12.8. The minimum atomic E-state index is -0.557. The first-order valence-corrected chi connectivity index (χ1v) is 7.42. The number of benzene rings is 2. The van der Waals surface area contributed by atoms with Gasteiger partial charge in [-0.3, -0.25) is 0 Å². The standard InChI is InChI=1S/C17H19NO2S/c1-17(13-21,15-10-6-3-7-11-15)18-16(19)20-12-14-8-4-2-5-9-14/h2-11,21H,12-13H2,1H3,(H,18,19). The maximum absolute atomic E-state index is 12.0. The lowest BCUT2D eigenvalue weighted by Gasteiger charge is -2.29. The van der Waals surface area contributed by atoms with Crippen molar-refractivity contribution in [3.8, 4) is 0 Å². The Bertz CT molecular complexity index is 574. The van der Waals surface area contributed by atoms with Crippen molar-refractivity contribution in [1.82, 2.24) is 5.32 Å². The molecule has 1 N–H and O–H groups in total. The van der Waals surface area contributed by atoms with Crippen LogP contribution < -0.4 is 5.32 Å². The summed E-state index contributed by atoms with van der Waals surface area (Å²) in [6.45, 7) is 2.18. The highest BCUT2D eigenvalue weighted by molar-refractivity contribution is 7.80. The van der Waals surface area contributed by atoms with E-state index in [2.05, 4.69) is 17.9 Å². The van der Waals surface area contributed by atoms with Crippen molar-refractivity contribution in [2.45, 2.75) is 19.1 Å². The van der Waals surface area contributed by atoms with Gasteiger partial charge >= 0.3 is 6.09 Å². The van der Waals surface area contributed by atoms with E-state index in [-0.39, 0.29) is 6.61 Å². The maximum atomic E-state index is 12.0. The van der Waals surface area contributed by atoms with Crippen molar-refractivity contribution in [2.24, 2.45) is 0 Å². The average Bonchev–Trinajstić information content (AvgIpc) is 2.54. The topological polar surface area (TPSA) is 38.3 Å². The maximum Gasteiger partial charge on any atom is 0.408 e. The molecule has 21 heavy (non-hydrogen) atoms. The molecule has 3 nitrogen and oxygen atoms in total. The van der Waals surface area contributed by atoms with Crippen molar-refractivity contribution >= 4 is 18.7 Å². The molecular formula is C17H19NO2S. The van der Waals surface area contributed by atoms with Gasteiger partial charge in [-0.05, 0) is 18.1 Å². The quantitative estimate of drug-likeness (QED) is 0.825. The number of carbonyl (C=O) groups excluding carboxylic acids is 1. The summed E-state index contributed by atoms with van der Waals surface area (Å²) >= 11 is 4.36. The Morgan fingerprint density at radius 1 is 1.10 bits per heavy atom. The van der Waals surface area contributed by atoms with E-state index in [1.54, 1.807) is 0 Å². The van der Waals surface area contributed by atoms with E-state index in [0.29, 0.717) is 5.75 Å². The highest BCUT2D eigenvalue weighted by Crippen LogP contribution is 2.22. The first-order chi connectivity index (χ1) is 10.1. The number of hydrogen-bond donors (Lipinski definition) is 2. The first kappa shape index (κ1) is 15.4. The predicted octanol–water partition coefficient (Wildman–Crippen LogP) is 3.76. The van der Waals surface area contributed by atoms with E-state index in [1.807, 2.05) is 67.6 Å². The van der Waals surface area contributed by atoms with Crippen molar-refractivity contribution in [3.63, 3.8) is 0 Å². The molecule has 2 aromatic carbocycles. The Balaban J connectivity index is 1.97. The van der Waals surface area contributed by atoms with Gasteiger partial charge in [-0.1, -0.05) is 60.7 Å². The summed E-state index contributed by atoms with van der Waals surface area (Å²) in [5.74, 6) is 0.484. The molecular weight excluding hydrogens is 282 g/mol. The van der Waals surface area contributed by atoms with Crippen LogP contribution in [0.4, 0.5) is 4.79 Å². The molecule has 0 aromatic heterocycles. The van der Waals surface area contributed by atoms with Crippen LogP contribution in [0.3, 0.4) is 0 Å². The van der Waals surface area contributed by atoms with Crippen LogP contribution in [-0.4, -0.2) is 11.8 Å². The summed E-state index contributed by atoms with van der Waals surface area (Å²) in [6.07, 6.45) is -0.445. The summed E-state index contributed by atoms with van der Waals surface area (Å²) in [5.41, 5.74) is 1.40. The Labute approximate surface area is 130 Å². The molecule has 0 aliphatic rings. The van der Waals surface area contributed by atoms with E-state index < -0.39 is 11.6 Å². The lowest BCUT2D eigenvalue weighted by atomic mass is 9.94. The third kappa shape index (κ3) is 4.26. The smallest absolute Gasteiger partial charge is 0.408 e. The van der Waals surface area contributed by atoms with Crippen LogP contribution in [-0.2, 0) is 16.9 Å². The van der Waals surface area contributed by atoms with Gasteiger partial charge in [0.05, 0.1) is 5.54 Å². The number of amides is 1. The second-order valence-corrected chi connectivity index (χ2v) is 5.36. The van der Waals surface area contributed by atoms with E-state index in [0.717, 1.165) is 11.1 Å². The zero-order chi connectivity index (χ0) is 15.1. The van der Waals surface area contributed by atoms with Crippen LogP contribution in [0, 0.1) is 0 Å². The highest BCUT2D eigenvalue weighted by atomic mass is 32.1. The molecule has 0 aliphatic heterocycles. The minimum Gasteiger partial charge on any atom is -0.445 e. The Morgan fingerprint density at radius 2 is 1.67 bits per heavy atom. The number of carbonyl (C=O) groups is 1. The van der Waals surface area contributed by atoms with Crippen LogP contribution >= 0.6 is 12.6 Å². The van der Waals surface area contributed by atoms with E-state index in [4.69, 9.17) is 4.74 Å². The number of hydrogen-bond acceptors (Lipinski definition) is 3. The fourth-order valence-corrected chi connectivity index (χ4v) is 2.26. The fraction of sp³-hybridized carbons (Fsp3) is 0.235. The van der Waals surface area contributed by atoms with E-state index in [9.17, 15) is 4.79 Å². The van der Waals surface area contributed by atoms with Gasteiger partial charge in [-0.25, -0.2) is 4.79 Å². The second-order valence-electron chi connectivity index (χ2n) is 5.04. The molecule has 0 bridgehead atoms. The second kappa shape index (κ2) is 7.18. The first-order valence-electron chi connectivity index (χ1n) is 6.79. The lowest BCUT2D eigenvalue weighted by Crippen LogP contribution is -2.45. The van der Waals surface area contributed by atoms with E-state index in [1.165, 1.54) is 0 Å². The molecule has 0 radical (unpaired) electrons. The molecule has 2 aromatic rings. The van der Waals surface area contributed by atoms with Crippen molar-refractivity contribution < 1.29 is 9.53 Å². The normalized spacial score (nSPS) is 13.2. The van der Waals surface area contributed by atoms with Crippen molar-refractivity contribution in [1.29, 1.82) is 0 Å². The van der Waals surface area contributed by atoms with Gasteiger partial charge in [-0.15, -0.1) is 0 Å². The van der Waals surface area contributed by atoms with Gasteiger partial charge in [0.25, 0.3) is 0 Å². The van der Waals surface area contributed by atoms with Gasteiger partial charge in [0.1, 0.15) is 6.61 Å². The van der Waals surface area contributed by atoms with Crippen molar-refractivity contribution in [2.75, 3.05) is 5.75 Å². The predicted molar refractivity (Wildman–Crippen MR) is 87.4 cm³/mol. The number of rotatable bonds is 5. The number of nitrogens with one attached hydrogen (secondary N) is 1. The molecule has 110 valence electrons. The van der Waals surface area contributed by atoms with Crippen LogP contribution in [0.5, 0.6) is 0 Å². The summed E-state index contributed by atoms with van der Waals surface area (Å²) in [7, 11) is 0. The van der Waals surface area contributed by atoms with Crippen LogP contribution in [0.2, 0.25) is 0 Å². The largest absolute Gasteiger partial charge is 0.445 e. The molecule has 0 saturated heterocycles. The Hall–Kier alpha value is -1.94. The number of thiol groups is 1. The SMILES string of the molecule is CC(CS)(NC(=O)OCc1ccccc1)c1ccccc1. The fourth-order valence-electron chi connectivity index (χ4n) is 1.99. The molecule has 4 heteroatoms. The Morgan fingerprint density at radius 3 is 2.24 bits per heavy atom. The summed E-state index contributed by atoms with van der Waals surface area (Å²) < 4.78 is 5.26. The zero-order valence-electron chi connectivity index (χ0n) is 12.0. The molecule has 0 heterocycles. The summed E-state index contributed by atoms with van der Waals surface area (Å²) in [4.78, 5) is 12.0. The molecule has 1 atom stereocenters. The van der Waals surface area contributed by atoms with Gasteiger partial charge in [-0.2, -0.15) is 12.6 Å². The Kier molecular flexibility index (Phi) is 5.28. The van der Waals surface area contributed by atoms with Gasteiger partial charge < -0.3 is 10.1 Å². The molecule has 0 aliphatic carbocycles. The highest BCUT2D eigenvalue weighted by Gasteiger charge is 2.27. The van der Waals surface area contributed by atoms with Crippen LogP contribution in [0.1, 0.15) is 18.1 Å². The molecule has 0 spiro atoms. The van der Waals surface area contributed by atoms with E-state index >= 15 is 0 Å². The third-order valence-electron chi connectivity index (χ3n) is 3.32. The summed E-state index contributed by atoms with van der Waals surface area (Å²) in [6, 6.07) is 19.3. The monoisotopic (exact) mass is 301 g/mol. The van der Waals surface area contributed by atoms with Crippen molar-refractivity contribution in [3.05, 3.63) is 71.8 Å². The third-order valence-corrected chi connectivity index (χ3v) is 3.95. The van der Waals surface area contributed by atoms with Crippen LogP contribution in [0.15, 0.2) is 60.7 Å². The number of ether oxygens (including phenoxy) is 1. The molecule has 0 fully saturated rings. The lowest BCUT2D eigenvalue weighted by molar-refractivity contribution is 0.130. The molecule has 1 unspecified atom stereocenters. The van der Waals surface area contributed by atoms with Gasteiger partial charge in [0, 0.05) is 5.75 Å².